The van der Waals surface area contributed by atoms with Crippen molar-refractivity contribution in [2.45, 2.75) is 20.0 Å². The summed E-state index contributed by atoms with van der Waals surface area (Å²) in [4.78, 5) is 14.7. The number of nitrogens with zero attached hydrogens (tertiary/aromatic N) is 1. The fourth-order valence-electron chi connectivity index (χ4n) is 2.89. The van der Waals surface area contributed by atoms with Gasteiger partial charge in [-0.05, 0) is 50.2 Å². The number of hydrogen-bond donors (Lipinski definition) is 1. The number of benzene rings is 2. The molecule has 2 aromatic carbocycles. The highest BCUT2D eigenvalue weighted by Gasteiger charge is 2.17. The third-order valence-electron chi connectivity index (χ3n) is 4.33. The molecule has 1 amide bonds. The van der Waals surface area contributed by atoms with E-state index in [1.165, 1.54) is 0 Å². The molecule has 6 nitrogen and oxygen atoms in total. The van der Waals surface area contributed by atoms with Crippen LogP contribution in [0.5, 0.6) is 11.5 Å². The van der Waals surface area contributed by atoms with Crippen molar-refractivity contribution in [3.63, 3.8) is 0 Å². The van der Waals surface area contributed by atoms with Crippen molar-refractivity contribution in [2.24, 2.45) is 0 Å². The van der Waals surface area contributed by atoms with Crippen molar-refractivity contribution in [3.05, 3.63) is 48.5 Å². The lowest BCUT2D eigenvalue weighted by Gasteiger charge is -2.29. The van der Waals surface area contributed by atoms with Crippen LogP contribution in [-0.2, 0) is 9.53 Å². The van der Waals surface area contributed by atoms with Gasteiger partial charge < -0.3 is 24.4 Å². The Balaban J connectivity index is 1.58. The molecule has 0 spiro atoms. The van der Waals surface area contributed by atoms with Crippen molar-refractivity contribution >= 4 is 17.3 Å². The van der Waals surface area contributed by atoms with Crippen LogP contribution < -0.4 is 19.7 Å². The number of nitrogens with one attached hydrogen (secondary N) is 1. The largest absolute Gasteiger partial charge is 0.490 e. The Kier molecular flexibility index (Phi) is 6.54. The van der Waals surface area contributed by atoms with E-state index in [2.05, 4.69) is 10.2 Å². The molecule has 1 fully saturated rings. The molecule has 0 aliphatic carbocycles. The van der Waals surface area contributed by atoms with Gasteiger partial charge in [0.15, 0.2) is 17.6 Å². The number of carbonyl (C=O) groups is 1. The molecule has 0 aromatic heterocycles. The Morgan fingerprint density at radius 3 is 2.44 bits per heavy atom. The minimum absolute atomic E-state index is 0.208. The van der Waals surface area contributed by atoms with Crippen molar-refractivity contribution in [1.29, 1.82) is 0 Å². The number of carbonyl (C=O) groups excluding carboxylic acids is 1. The van der Waals surface area contributed by atoms with E-state index in [4.69, 9.17) is 14.2 Å². The first-order valence-electron chi connectivity index (χ1n) is 9.29. The van der Waals surface area contributed by atoms with Gasteiger partial charge in [-0.1, -0.05) is 12.1 Å². The molecule has 0 unspecified atom stereocenters. The Morgan fingerprint density at radius 1 is 1.11 bits per heavy atom. The van der Waals surface area contributed by atoms with Gasteiger partial charge in [0, 0.05) is 24.5 Å². The summed E-state index contributed by atoms with van der Waals surface area (Å²) in [5, 5.41) is 2.90. The number of para-hydroxylation sites is 2. The maximum Gasteiger partial charge on any atom is 0.265 e. The second kappa shape index (κ2) is 9.28. The number of anilines is 2. The van der Waals surface area contributed by atoms with Gasteiger partial charge in [0.1, 0.15) is 0 Å². The minimum Gasteiger partial charge on any atom is -0.490 e. The smallest absolute Gasteiger partial charge is 0.265 e. The molecule has 1 saturated heterocycles. The number of ether oxygens (including phenoxy) is 3. The molecule has 3 rings (SSSR count). The van der Waals surface area contributed by atoms with E-state index in [1.54, 1.807) is 13.0 Å². The van der Waals surface area contributed by atoms with Crippen LogP contribution in [0.2, 0.25) is 0 Å². The maximum absolute atomic E-state index is 12.5. The normalized spacial score (nSPS) is 15.1. The van der Waals surface area contributed by atoms with Crippen molar-refractivity contribution < 1.29 is 19.0 Å². The summed E-state index contributed by atoms with van der Waals surface area (Å²) >= 11 is 0. The molecule has 2 aromatic rings. The highest BCUT2D eigenvalue weighted by atomic mass is 16.5. The van der Waals surface area contributed by atoms with E-state index >= 15 is 0 Å². The minimum atomic E-state index is -0.648. The van der Waals surface area contributed by atoms with E-state index in [1.807, 2.05) is 49.4 Å². The molecular formula is C21H26N2O4. The zero-order valence-corrected chi connectivity index (χ0v) is 15.8. The van der Waals surface area contributed by atoms with Crippen LogP contribution >= 0.6 is 0 Å². The Labute approximate surface area is 160 Å². The molecular weight excluding hydrogens is 344 g/mol. The second-order valence-electron chi connectivity index (χ2n) is 6.28. The van der Waals surface area contributed by atoms with Gasteiger partial charge in [0.05, 0.1) is 19.8 Å². The first-order chi connectivity index (χ1) is 13.2. The summed E-state index contributed by atoms with van der Waals surface area (Å²) in [6, 6.07) is 15.2. The van der Waals surface area contributed by atoms with Crippen molar-refractivity contribution in [2.75, 3.05) is 43.1 Å². The van der Waals surface area contributed by atoms with Crippen LogP contribution in [0.1, 0.15) is 13.8 Å². The SMILES string of the molecule is CCOc1ccccc1O[C@@H](C)C(=O)Nc1ccc(N2CCOCC2)cc1. The fraction of sp³-hybridized carbons (Fsp3) is 0.381. The van der Waals surface area contributed by atoms with E-state index in [-0.39, 0.29) is 5.91 Å². The summed E-state index contributed by atoms with van der Waals surface area (Å²) < 4.78 is 16.7. The van der Waals surface area contributed by atoms with Gasteiger partial charge in [0.25, 0.3) is 5.91 Å². The molecule has 6 heteroatoms. The molecule has 27 heavy (non-hydrogen) atoms. The number of amides is 1. The fourth-order valence-corrected chi connectivity index (χ4v) is 2.89. The number of rotatable bonds is 7. The van der Waals surface area contributed by atoms with E-state index in [0.717, 1.165) is 37.7 Å². The zero-order chi connectivity index (χ0) is 19.1. The summed E-state index contributed by atoms with van der Waals surface area (Å²) in [7, 11) is 0. The molecule has 0 bridgehead atoms. The zero-order valence-electron chi connectivity index (χ0n) is 15.8. The van der Waals surface area contributed by atoms with Gasteiger partial charge in [-0.3, -0.25) is 4.79 Å². The molecule has 1 aliphatic rings. The summed E-state index contributed by atoms with van der Waals surface area (Å²) in [5.74, 6) is 0.986. The third-order valence-corrected chi connectivity index (χ3v) is 4.33. The standard InChI is InChI=1S/C21H26N2O4/c1-3-26-19-6-4-5-7-20(19)27-16(2)21(24)22-17-8-10-18(11-9-17)23-12-14-25-15-13-23/h4-11,16H,3,12-15H2,1-2H3,(H,22,24)/t16-/m0/s1. The quantitative estimate of drug-likeness (QED) is 0.810. The predicted octanol–water partition coefficient (Wildman–Crippen LogP) is 3.33. The topological polar surface area (TPSA) is 60.0 Å². The summed E-state index contributed by atoms with van der Waals surface area (Å²) in [5.41, 5.74) is 1.87. The van der Waals surface area contributed by atoms with Crippen LogP contribution in [0.4, 0.5) is 11.4 Å². The Morgan fingerprint density at radius 2 is 1.78 bits per heavy atom. The molecule has 1 atom stereocenters. The molecule has 1 N–H and O–H groups in total. The van der Waals surface area contributed by atoms with Gasteiger partial charge in [0.2, 0.25) is 0 Å². The van der Waals surface area contributed by atoms with Crippen LogP contribution in [0.15, 0.2) is 48.5 Å². The monoisotopic (exact) mass is 370 g/mol. The van der Waals surface area contributed by atoms with Crippen LogP contribution in [0, 0.1) is 0 Å². The van der Waals surface area contributed by atoms with Gasteiger partial charge in [-0.2, -0.15) is 0 Å². The predicted molar refractivity (Wildman–Crippen MR) is 106 cm³/mol. The van der Waals surface area contributed by atoms with Crippen LogP contribution in [0.25, 0.3) is 0 Å². The second-order valence-corrected chi connectivity index (χ2v) is 6.28. The molecule has 144 valence electrons. The highest BCUT2D eigenvalue weighted by Crippen LogP contribution is 2.27. The summed E-state index contributed by atoms with van der Waals surface area (Å²) in [6.07, 6.45) is -0.648. The van der Waals surface area contributed by atoms with Crippen molar-refractivity contribution in [1.82, 2.24) is 0 Å². The lowest BCUT2D eigenvalue weighted by Crippen LogP contribution is -2.36. The number of hydrogen-bond acceptors (Lipinski definition) is 5. The third kappa shape index (κ3) is 5.14. The van der Waals surface area contributed by atoms with Crippen LogP contribution in [-0.4, -0.2) is 44.9 Å². The molecule has 0 saturated carbocycles. The maximum atomic E-state index is 12.5. The van der Waals surface area contributed by atoms with E-state index in [0.29, 0.717) is 18.1 Å². The Hall–Kier alpha value is -2.73. The Bertz CT molecular complexity index is 742. The van der Waals surface area contributed by atoms with Gasteiger partial charge in [-0.15, -0.1) is 0 Å². The molecule has 0 radical (unpaired) electrons. The first kappa shape index (κ1) is 19.0. The lowest BCUT2D eigenvalue weighted by molar-refractivity contribution is -0.122. The first-order valence-corrected chi connectivity index (χ1v) is 9.29. The number of morpholine rings is 1. The average Bonchev–Trinajstić information content (AvgIpc) is 2.71. The van der Waals surface area contributed by atoms with Crippen LogP contribution in [0.3, 0.4) is 0 Å². The molecule has 1 heterocycles. The average molecular weight is 370 g/mol. The highest BCUT2D eigenvalue weighted by molar-refractivity contribution is 5.94. The van der Waals surface area contributed by atoms with Crippen molar-refractivity contribution in [3.8, 4) is 11.5 Å². The van der Waals surface area contributed by atoms with Gasteiger partial charge in [-0.25, -0.2) is 0 Å². The van der Waals surface area contributed by atoms with Gasteiger partial charge >= 0.3 is 0 Å². The van der Waals surface area contributed by atoms with E-state index < -0.39 is 6.10 Å². The molecule has 1 aliphatic heterocycles. The lowest BCUT2D eigenvalue weighted by atomic mass is 10.2. The summed E-state index contributed by atoms with van der Waals surface area (Å²) in [6.45, 7) is 7.43. The van der Waals surface area contributed by atoms with E-state index in [9.17, 15) is 4.79 Å².